The van der Waals surface area contributed by atoms with Crippen LogP contribution >= 0.6 is 0 Å². The maximum atomic E-state index is 12.0. The number of allylic oxidation sites excluding steroid dienone is 2. The van der Waals surface area contributed by atoms with Gasteiger partial charge in [-0.25, -0.2) is 0 Å². The number of carbonyl (C=O) groups is 2. The third-order valence-corrected chi connectivity index (χ3v) is 5.77. The Hall–Kier alpha value is -1.42. The van der Waals surface area contributed by atoms with Crippen molar-refractivity contribution in [1.29, 1.82) is 0 Å². The van der Waals surface area contributed by atoms with Gasteiger partial charge in [0.05, 0.1) is 0 Å². The normalized spacial score (nSPS) is 43.4. The molecule has 1 N–H and O–H groups in total. The summed E-state index contributed by atoms with van der Waals surface area (Å²) in [5.41, 5.74) is 0.978. The predicted molar refractivity (Wildman–Crippen MR) is 74.7 cm³/mol. The first-order valence-corrected chi connectivity index (χ1v) is 7.14. The number of ether oxygens (including phenoxy) is 1. The van der Waals surface area contributed by atoms with Gasteiger partial charge in [0.25, 0.3) is 0 Å². The molecule has 20 heavy (non-hydrogen) atoms. The molecule has 4 heteroatoms. The quantitative estimate of drug-likeness (QED) is 0.796. The third-order valence-electron chi connectivity index (χ3n) is 5.77. The fourth-order valence-electron chi connectivity index (χ4n) is 4.00. The van der Waals surface area contributed by atoms with Crippen LogP contribution in [0.5, 0.6) is 0 Å². The lowest BCUT2D eigenvalue weighted by Gasteiger charge is -2.52. The van der Waals surface area contributed by atoms with Gasteiger partial charge >= 0.3 is 0 Å². The van der Waals surface area contributed by atoms with E-state index in [1.54, 1.807) is 13.2 Å². The minimum absolute atomic E-state index is 0.0247. The fourth-order valence-corrected chi connectivity index (χ4v) is 4.00. The Morgan fingerprint density at radius 2 is 2.10 bits per heavy atom. The molecule has 4 nitrogen and oxygen atoms in total. The van der Waals surface area contributed by atoms with E-state index >= 15 is 0 Å². The van der Waals surface area contributed by atoms with Gasteiger partial charge in [0.2, 0.25) is 5.91 Å². The summed E-state index contributed by atoms with van der Waals surface area (Å²) in [6.45, 7) is 6.01. The molecule has 1 amide bonds. The first-order valence-electron chi connectivity index (χ1n) is 7.14. The highest BCUT2D eigenvalue weighted by Crippen LogP contribution is 2.56. The van der Waals surface area contributed by atoms with Gasteiger partial charge in [-0.15, -0.1) is 0 Å². The second-order valence-electron chi connectivity index (χ2n) is 6.57. The molecule has 108 valence electrons. The van der Waals surface area contributed by atoms with Crippen LogP contribution in [0.1, 0.15) is 33.6 Å². The smallest absolute Gasteiger partial charge is 0.249 e. The number of methoxy groups -OCH3 is 1. The molecule has 3 aliphatic rings. The summed E-state index contributed by atoms with van der Waals surface area (Å²) in [4.78, 5) is 24.1. The average Bonchev–Trinajstić information content (AvgIpc) is 2.66. The monoisotopic (exact) mass is 275 g/mol. The lowest BCUT2D eigenvalue weighted by atomic mass is 9.55. The fraction of sp³-hybridized carbons (Fsp3) is 0.625. The van der Waals surface area contributed by atoms with Crippen molar-refractivity contribution in [2.75, 3.05) is 7.11 Å². The Labute approximate surface area is 119 Å². The SMILES string of the molecule is CO[C@@]12C[C@@H]3C=CC(=O)[C@H](C)[C@@]3(C)CC1=C(C)C(=O)N2. The molecule has 0 unspecified atom stereocenters. The van der Waals surface area contributed by atoms with Crippen LogP contribution in [0.15, 0.2) is 23.3 Å². The van der Waals surface area contributed by atoms with Crippen LogP contribution in [-0.4, -0.2) is 24.5 Å². The van der Waals surface area contributed by atoms with Gasteiger partial charge in [-0.2, -0.15) is 0 Å². The molecule has 2 aliphatic carbocycles. The number of ketones is 1. The van der Waals surface area contributed by atoms with Crippen molar-refractivity contribution in [2.45, 2.75) is 39.3 Å². The molecule has 0 radical (unpaired) electrons. The number of rotatable bonds is 1. The van der Waals surface area contributed by atoms with Crippen molar-refractivity contribution >= 4 is 11.7 Å². The Bertz CT molecular complexity index is 562. The Balaban J connectivity index is 2.10. The van der Waals surface area contributed by atoms with Crippen molar-refractivity contribution in [3.63, 3.8) is 0 Å². The zero-order valence-corrected chi connectivity index (χ0v) is 12.4. The van der Waals surface area contributed by atoms with Crippen LogP contribution in [0.4, 0.5) is 0 Å². The largest absolute Gasteiger partial charge is 0.355 e. The number of nitrogens with one attached hydrogen (secondary N) is 1. The number of carbonyl (C=O) groups excluding carboxylic acids is 2. The standard InChI is InChI=1S/C16H21NO3/c1-9-12-8-15(3)10(2)13(18)6-5-11(15)7-16(12,20-4)17-14(9)19/h5-6,10-11H,7-8H2,1-4H3,(H,17,19)/t10-,11-,15+,16-/m0/s1. The summed E-state index contributed by atoms with van der Waals surface area (Å²) in [5, 5.41) is 2.99. The molecule has 0 saturated heterocycles. The average molecular weight is 275 g/mol. The van der Waals surface area contributed by atoms with Crippen LogP contribution in [0.3, 0.4) is 0 Å². The molecule has 0 aromatic rings. The van der Waals surface area contributed by atoms with Gasteiger partial charge in [-0.3, -0.25) is 9.59 Å². The molecule has 1 heterocycles. The summed E-state index contributed by atoms with van der Waals surface area (Å²) in [6.07, 6.45) is 5.12. The maximum absolute atomic E-state index is 12.0. The molecule has 0 spiro atoms. The Kier molecular flexibility index (Phi) is 2.74. The predicted octanol–water partition coefficient (Wildman–Crippen LogP) is 1.97. The third kappa shape index (κ3) is 1.51. The summed E-state index contributed by atoms with van der Waals surface area (Å²) in [6, 6.07) is 0. The topological polar surface area (TPSA) is 55.4 Å². The van der Waals surface area contributed by atoms with Gasteiger partial charge in [0, 0.05) is 25.0 Å². The van der Waals surface area contributed by atoms with Crippen LogP contribution in [0.25, 0.3) is 0 Å². The zero-order valence-electron chi connectivity index (χ0n) is 12.4. The zero-order chi connectivity index (χ0) is 14.7. The van der Waals surface area contributed by atoms with E-state index in [9.17, 15) is 9.59 Å². The van der Waals surface area contributed by atoms with E-state index in [2.05, 4.69) is 12.2 Å². The van der Waals surface area contributed by atoms with Crippen molar-refractivity contribution < 1.29 is 14.3 Å². The van der Waals surface area contributed by atoms with E-state index in [1.807, 2.05) is 19.9 Å². The van der Waals surface area contributed by atoms with E-state index in [4.69, 9.17) is 4.74 Å². The van der Waals surface area contributed by atoms with Crippen molar-refractivity contribution in [2.24, 2.45) is 17.3 Å². The van der Waals surface area contributed by atoms with Crippen molar-refractivity contribution in [3.8, 4) is 0 Å². The Morgan fingerprint density at radius 1 is 1.40 bits per heavy atom. The second-order valence-corrected chi connectivity index (χ2v) is 6.57. The molecule has 4 atom stereocenters. The summed E-state index contributed by atoms with van der Waals surface area (Å²) < 4.78 is 5.69. The highest BCUT2D eigenvalue weighted by molar-refractivity contribution is 5.98. The molecule has 0 aromatic heterocycles. The first-order chi connectivity index (χ1) is 9.34. The molecule has 3 rings (SSSR count). The van der Waals surface area contributed by atoms with Gasteiger partial charge in [0.1, 0.15) is 0 Å². The minimum Gasteiger partial charge on any atom is -0.355 e. The summed E-state index contributed by atoms with van der Waals surface area (Å²) in [7, 11) is 1.64. The summed E-state index contributed by atoms with van der Waals surface area (Å²) >= 11 is 0. The maximum Gasteiger partial charge on any atom is 0.249 e. The molecule has 1 fully saturated rings. The highest BCUT2D eigenvalue weighted by Gasteiger charge is 2.57. The lowest BCUT2D eigenvalue weighted by Crippen LogP contribution is -2.56. The lowest BCUT2D eigenvalue weighted by molar-refractivity contribution is -0.131. The summed E-state index contributed by atoms with van der Waals surface area (Å²) in [5.74, 6) is 0.352. The van der Waals surface area contributed by atoms with Crippen molar-refractivity contribution in [1.82, 2.24) is 5.32 Å². The van der Waals surface area contributed by atoms with Gasteiger partial charge < -0.3 is 10.1 Å². The van der Waals surface area contributed by atoms with Crippen LogP contribution in [-0.2, 0) is 14.3 Å². The van der Waals surface area contributed by atoms with Gasteiger partial charge in [-0.1, -0.05) is 19.9 Å². The van der Waals surface area contributed by atoms with Crippen LogP contribution in [0.2, 0.25) is 0 Å². The van der Waals surface area contributed by atoms with E-state index in [1.165, 1.54) is 0 Å². The number of fused-ring (bicyclic) bond motifs is 2. The molecular formula is C16H21NO3. The molecule has 1 saturated carbocycles. The second kappa shape index (κ2) is 4.04. The molecule has 0 bridgehead atoms. The van der Waals surface area contributed by atoms with E-state index in [0.29, 0.717) is 6.42 Å². The number of amides is 1. The number of hydrogen-bond acceptors (Lipinski definition) is 3. The van der Waals surface area contributed by atoms with Crippen LogP contribution in [0, 0.1) is 17.3 Å². The van der Waals surface area contributed by atoms with E-state index in [-0.39, 0.29) is 28.9 Å². The Morgan fingerprint density at radius 3 is 2.75 bits per heavy atom. The number of hydrogen-bond donors (Lipinski definition) is 1. The molecule has 1 aliphatic heterocycles. The van der Waals surface area contributed by atoms with E-state index < -0.39 is 5.72 Å². The van der Waals surface area contributed by atoms with Gasteiger partial charge in [0.15, 0.2) is 11.5 Å². The van der Waals surface area contributed by atoms with E-state index in [0.717, 1.165) is 17.6 Å². The van der Waals surface area contributed by atoms with Crippen molar-refractivity contribution in [3.05, 3.63) is 23.3 Å². The first kappa shape index (κ1) is 13.6. The highest BCUT2D eigenvalue weighted by atomic mass is 16.5. The van der Waals surface area contributed by atoms with Crippen LogP contribution < -0.4 is 5.32 Å². The van der Waals surface area contributed by atoms with Gasteiger partial charge in [-0.05, 0) is 36.3 Å². The molecule has 0 aromatic carbocycles. The molecular weight excluding hydrogens is 254 g/mol. The minimum atomic E-state index is -0.671.